The number of ether oxygens (including phenoxy) is 1. The number of carbonyl (C=O) groups excluding carboxylic acids is 2. The first-order valence-corrected chi connectivity index (χ1v) is 18.9. The van der Waals surface area contributed by atoms with Crippen LogP contribution in [0, 0.1) is 5.82 Å². The van der Waals surface area contributed by atoms with E-state index in [2.05, 4.69) is 15.3 Å². The van der Waals surface area contributed by atoms with Gasteiger partial charge in [-0.3, -0.25) is 8.98 Å². The number of halogens is 1. The minimum absolute atomic E-state index is 0.00407. The summed E-state index contributed by atoms with van der Waals surface area (Å²) in [6.45, 7) is 4.47. The highest BCUT2D eigenvalue weighted by Gasteiger charge is 2.33. The normalized spacial score (nSPS) is 13.0. The molecule has 1 unspecified atom stereocenters. The number of hydrogen-bond donors (Lipinski definition) is 1. The smallest absolute Gasteiger partial charge is 0.410 e. The Morgan fingerprint density at radius 1 is 0.913 bits per heavy atom. The van der Waals surface area contributed by atoms with E-state index < -0.39 is 77.1 Å². The zero-order valence-electron chi connectivity index (χ0n) is 26.3. The third-order valence-corrected chi connectivity index (χ3v) is 7.04. The van der Waals surface area contributed by atoms with E-state index in [0.717, 1.165) is 23.3 Å². The molecule has 0 aliphatic carbocycles. The maximum Gasteiger partial charge on any atom is 0.410 e. The largest absolute Gasteiger partial charge is 0.444 e. The summed E-state index contributed by atoms with van der Waals surface area (Å²) in [6, 6.07) is 3.90. The van der Waals surface area contributed by atoms with Crippen LogP contribution in [0.25, 0.3) is 0 Å². The highest BCUT2D eigenvalue weighted by molar-refractivity contribution is 7.86. The Hall–Kier alpha value is -3.62. The first-order valence-electron chi connectivity index (χ1n) is 13.5. The van der Waals surface area contributed by atoms with Gasteiger partial charge in [0.1, 0.15) is 11.4 Å². The lowest BCUT2D eigenvalue weighted by molar-refractivity contribution is 0.0200. The Morgan fingerprint density at radius 3 is 2.02 bits per heavy atom. The number of nitrogens with one attached hydrogen (secondary N) is 1. The van der Waals surface area contributed by atoms with Crippen molar-refractivity contribution in [2.45, 2.75) is 58.2 Å². The standard InChI is InChI=1S/C26H37FN4O12S3/c1-26(2,3)41-25(33)31(4)19(10-8-9-15-40-44(5,34)35)22-29-20(23(32)28-16-17-11-13-18(27)14-12-17)21(42-45(6,36)37)24(30-22)43-46(7,38)39/h11-14,19H,8-10,15-16H2,1-7H3,(H,28,32). The second kappa shape index (κ2) is 15.3. The Balaban J connectivity index is 2.69. The lowest BCUT2D eigenvalue weighted by atomic mass is 10.1. The molecule has 1 N–H and O–H groups in total. The van der Waals surface area contributed by atoms with E-state index in [1.165, 1.54) is 19.2 Å². The van der Waals surface area contributed by atoms with Crippen LogP contribution in [0.5, 0.6) is 11.6 Å². The molecule has 20 heteroatoms. The maximum atomic E-state index is 13.4. The minimum atomic E-state index is -4.42. The van der Waals surface area contributed by atoms with Gasteiger partial charge in [-0.1, -0.05) is 12.1 Å². The van der Waals surface area contributed by atoms with Crippen molar-refractivity contribution in [1.82, 2.24) is 20.2 Å². The molecular formula is C26H37FN4O12S3. The summed E-state index contributed by atoms with van der Waals surface area (Å²) in [6.07, 6.45) is 1.67. The van der Waals surface area contributed by atoms with Gasteiger partial charge in [0.15, 0.2) is 11.5 Å². The van der Waals surface area contributed by atoms with E-state index in [4.69, 9.17) is 17.3 Å². The SMILES string of the molecule is CN(C(=O)OC(C)(C)C)C(CCCCOS(C)(=O)=O)c1nc(OS(C)(=O)=O)c(OS(C)(=O)=O)c(C(=O)NCc2ccc(F)cc2)n1. The molecule has 1 atom stereocenters. The van der Waals surface area contributed by atoms with Crippen molar-refractivity contribution < 1.29 is 56.5 Å². The van der Waals surface area contributed by atoms with E-state index in [9.17, 15) is 39.2 Å². The zero-order valence-corrected chi connectivity index (χ0v) is 28.7. The third-order valence-electron chi connectivity index (χ3n) is 5.51. The van der Waals surface area contributed by atoms with Crippen LogP contribution in [-0.2, 0) is 45.8 Å². The number of carbonyl (C=O) groups is 2. The Labute approximate surface area is 268 Å². The Kier molecular flexibility index (Phi) is 12.8. The molecule has 0 spiro atoms. The van der Waals surface area contributed by atoms with Crippen LogP contribution in [0.3, 0.4) is 0 Å². The fourth-order valence-electron chi connectivity index (χ4n) is 3.65. The number of aromatic nitrogens is 2. The van der Waals surface area contributed by atoms with Gasteiger partial charge in [0, 0.05) is 13.6 Å². The van der Waals surface area contributed by atoms with Crippen molar-refractivity contribution in [3.8, 4) is 11.6 Å². The minimum Gasteiger partial charge on any atom is -0.444 e. The lowest BCUT2D eigenvalue weighted by Gasteiger charge is -2.30. The molecule has 16 nitrogen and oxygen atoms in total. The van der Waals surface area contributed by atoms with Gasteiger partial charge >= 0.3 is 26.3 Å². The molecule has 2 aromatic rings. The van der Waals surface area contributed by atoms with E-state index in [1.807, 2.05) is 0 Å². The fraction of sp³-hybridized carbons (Fsp3) is 0.538. The van der Waals surface area contributed by atoms with E-state index in [-0.39, 0.29) is 38.2 Å². The van der Waals surface area contributed by atoms with Crippen LogP contribution in [-0.4, -0.2) is 90.1 Å². The van der Waals surface area contributed by atoms with Crippen LogP contribution in [0.2, 0.25) is 0 Å². The first kappa shape index (κ1) is 38.6. The van der Waals surface area contributed by atoms with Gasteiger partial charge in [0.2, 0.25) is 5.75 Å². The molecule has 0 bridgehead atoms. The van der Waals surface area contributed by atoms with Crippen LogP contribution >= 0.6 is 0 Å². The molecule has 0 aliphatic rings. The molecule has 0 saturated heterocycles. The van der Waals surface area contributed by atoms with Crippen LogP contribution < -0.4 is 13.7 Å². The van der Waals surface area contributed by atoms with Crippen molar-refractivity contribution >= 4 is 42.4 Å². The molecule has 0 saturated carbocycles. The highest BCUT2D eigenvalue weighted by atomic mass is 32.2. The van der Waals surface area contributed by atoms with Crippen molar-refractivity contribution in [3.05, 3.63) is 47.2 Å². The number of benzene rings is 1. The predicted molar refractivity (Wildman–Crippen MR) is 162 cm³/mol. The van der Waals surface area contributed by atoms with E-state index in [0.29, 0.717) is 18.1 Å². The van der Waals surface area contributed by atoms with Gasteiger partial charge in [0.05, 0.1) is 31.4 Å². The number of nitrogens with zero attached hydrogens (tertiary/aromatic N) is 3. The van der Waals surface area contributed by atoms with Gasteiger partial charge in [-0.05, 0) is 57.7 Å². The molecule has 258 valence electrons. The average molecular weight is 713 g/mol. The quantitative estimate of drug-likeness (QED) is 0.207. The maximum absolute atomic E-state index is 13.4. The second-order valence-corrected chi connectivity index (χ2v) is 15.9. The topological polar surface area (TPSA) is 215 Å². The van der Waals surface area contributed by atoms with Gasteiger partial charge in [-0.25, -0.2) is 14.2 Å². The Bertz CT molecular complexity index is 1730. The second-order valence-electron chi connectivity index (χ2n) is 11.1. The molecular weight excluding hydrogens is 676 g/mol. The van der Waals surface area contributed by atoms with Gasteiger partial charge in [0.25, 0.3) is 21.9 Å². The zero-order chi connectivity index (χ0) is 35.1. The predicted octanol–water partition coefficient (Wildman–Crippen LogP) is 2.28. The fourth-order valence-corrected chi connectivity index (χ4v) is 4.92. The molecule has 1 heterocycles. The summed E-state index contributed by atoms with van der Waals surface area (Å²) < 4.78 is 105. The molecule has 0 radical (unpaired) electrons. The van der Waals surface area contributed by atoms with Crippen molar-refractivity contribution in [3.63, 3.8) is 0 Å². The molecule has 1 aromatic heterocycles. The van der Waals surface area contributed by atoms with Crippen LogP contribution in [0.1, 0.15) is 68.0 Å². The summed E-state index contributed by atoms with van der Waals surface area (Å²) in [5, 5.41) is 2.46. The molecule has 2 amide bonds. The average Bonchev–Trinajstić information content (AvgIpc) is 2.87. The highest BCUT2D eigenvalue weighted by Crippen LogP contribution is 2.35. The summed E-state index contributed by atoms with van der Waals surface area (Å²) in [5.41, 5.74) is -1.26. The third kappa shape index (κ3) is 13.8. The summed E-state index contributed by atoms with van der Waals surface area (Å²) in [4.78, 5) is 35.8. The molecule has 1 aromatic carbocycles. The lowest BCUT2D eigenvalue weighted by Crippen LogP contribution is -2.38. The number of unbranched alkanes of at least 4 members (excludes halogenated alkanes) is 1. The van der Waals surface area contributed by atoms with Crippen molar-refractivity contribution in [2.75, 3.05) is 32.4 Å². The summed E-state index contributed by atoms with van der Waals surface area (Å²) >= 11 is 0. The van der Waals surface area contributed by atoms with Crippen LogP contribution in [0.4, 0.5) is 9.18 Å². The summed E-state index contributed by atoms with van der Waals surface area (Å²) in [7, 11) is -11.2. The van der Waals surface area contributed by atoms with Gasteiger partial charge < -0.3 is 23.3 Å². The van der Waals surface area contributed by atoms with Gasteiger partial charge in [-0.2, -0.15) is 30.2 Å². The van der Waals surface area contributed by atoms with E-state index in [1.54, 1.807) is 20.8 Å². The first-order chi connectivity index (χ1) is 20.9. The summed E-state index contributed by atoms with van der Waals surface area (Å²) in [5.74, 6) is -3.87. The molecule has 2 rings (SSSR count). The van der Waals surface area contributed by atoms with E-state index >= 15 is 0 Å². The number of amides is 2. The molecule has 0 fully saturated rings. The number of rotatable bonds is 15. The Morgan fingerprint density at radius 2 is 1.50 bits per heavy atom. The molecule has 0 aliphatic heterocycles. The number of hydrogen-bond acceptors (Lipinski definition) is 14. The van der Waals surface area contributed by atoms with Crippen molar-refractivity contribution in [1.29, 1.82) is 0 Å². The monoisotopic (exact) mass is 712 g/mol. The van der Waals surface area contributed by atoms with Crippen LogP contribution in [0.15, 0.2) is 24.3 Å². The van der Waals surface area contributed by atoms with Crippen molar-refractivity contribution in [2.24, 2.45) is 0 Å². The molecule has 46 heavy (non-hydrogen) atoms. The van der Waals surface area contributed by atoms with Gasteiger partial charge in [-0.15, -0.1) is 0 Å².